The Morgan fingerprint density at radius 1 is 1.33 bits per heavy atom. The van der Waals surface area contributed by atoms with E-state index in [4.69, 9.17) is 0 Å². The average molecular weight is 294 g/mol. The highest BCUT2D eigenvalue weighted by molar-refractivity contribution is 5.80. The Kier molecular flexibility index (Phi) is 8.55. The predicted octanol–water partition coefficient (Wildman–Crippen LogP) is 1.91. The standard InChI is InChI=1S/C16H30N4O/c1-4-17-16(19-13-11-15(21)20(2)3)18-12-10-14-8-6-5-7-9-14/h8H,4-7,9-13H2,1-3H3,(H2,17,18,19). The van der Waals surface area contributed by atoms with Gasteiger partial charge in [-0.15, -0.1) is 0 Å². The quantitative estimate of drug-likeness (QED) is 0.428. The molecular formula is C16H30N4O. The Morgan fingerprint density at radius 2 is 2.14 bits per heavy atom. The minimum absolute atomic E-state index is 0.113. The minimum Gasteiger partial charge on any atom is -0.357 e. The lowest BCUT2D eigenvalue weighted by atomic mass is 9.97. The molecule has 5 heteroatoms. The van der Waals surface area contributed by atoms with Gasteiger partial charge in [0, 0.05) is 33.6 Å². The van der Waals surface area contributed by atoms with Gasteiger partial charge in [0.2, 0.25) is 5.91 Å². The first kappa shape index (κ1) is 17.5. The highest BCUT2D eigenvalue weighted by atomic mass is 16.2. The Morgan fingerprint density at radius 3 is 2.76 bits per heavy atom. The van der Waals surface area contributed by atoms with Crippen LogP contribution in [0.2, 0.25) is 0 Å². The van der Waals surface area contributed by atoms with Gasteiger partial charge in [0.05, 0.1) is 6.54 Å². The predicted molar refractivity (Wildman–Crippen MR) is 88.5 cm³/mol. The van der Waals surface area contributed by atoms with E-state index < -0.39 is 0 Å². The number of nitrogens with one attached hydrogen (secondary N) is 2. The largest absolute Gasteiger partial charge is 0.357 e. The van der Waals surface area contributed by atoms with Crippen LogP contribution in [0.4, 0.5) is 0 Å². The molecule has 0 aromatic carbocycles. The molecular weight excluding hydrogens is 264 g/mol. The molecule has 1 rings (SSSR count). The second-order valence-corrected chi connectivity index (χ2v) is 5.58. The van der Waals surface area contributed by atoms with Gasteiger partial charge >= 0.3 is 0 Å². The molecule has 1 amide bonds. The summed E-state index contributed by atoms with van der Waals surface area (Å²) in [4.78, 5) is 17.6. The Bertz CT molecular complexity index is 374. The first-order valence-electron chi connectivity index (χ1n) is 8.03. The number of carbonyl (C=O) groups is 1. The zero-order valence-electron chi connectivity index (χ0n) is 13.7. The van der Waals surface area contributed by atoms with Gasteiger partial charge in [-0.05, 0) is 39.0 Å². The van der Waals surface area contributed by atoms with Gasteiger partial charge in [-0.25, -0.2) is 0 Å². The molecule has 0 saturated heterocycles. The fourth-order valence-corrected chi connectivity index (χ4v) is 2.30. The molecule has 0 bridgehead atoms. The number of rotatable bonds is 7. The molecule has 120 valence electrons. The fraction of sp³-hybridized carbons (Fsp3) is 0.750. The van der Waals surface area contributed by atoms with Crippen molar-refractivity contribution in [3.63, 3.8) is 0 Å². The maximum atomic E-state index is 11.5. The van der Waals surface area contributed by atoms with Crippen molar-refractivity contribution in [3.8, 4) is 0 Å². The second kappa shape index (κ2) is 10.2. The number of amides is 1. The molecule has 0 fully saturated rings. The highest BCUT2D eigenvalue weighted by Crippen LogP contribution is 2.19. The summed E-state index contributed by atoms with van der Waals surface area (Å²) in [5.74, 6) is 0.919. The van der Waals surface area contributed by atoms with E-state index >= 15 is 0 Å². The van der Waals surface area contributed by atoms with Crippen LogP contribution < -0.4 is 10.6 Å². The van der Waals surface area contributed by atoms with Crippen LogP contribution in [-0.2, 0) is 4.79 Å². The molecule has 0 aromatic heterocycles. The summed E-state index contributed by atoms with van der Waals surface area (Å²) in [6, 6.07) is 0. The molecule has 0 unspecified atom stereocenters. The zero-order valence-corrected chi connectivity index (χ0v) is 13.7. The van der Waals surface area contributed by atoms with Crippen molar-refractivity contribution in [3.05, 3.63) is 11.6 Å². The molecule has 0 radical (unpaired) electrons. The van der Waals surface area contributed by atoms with Gasteiger partial charge in [-0.3, -0.25) is 9.79 Å². The van der Waals surface area contributed by atoms with Crippen LogP contribution in [0.5, 0.6) is 0 Å². The number of carbonyl (C=O) groups excluding carboxylic acids is 1. The molecule has 1 aliphatic carbocycles. The summed E-state index contributed by atoms with van der Waals surface area (Å²) in [7, 11) is 3.54. The van der Waals surface area contributed by atoms with Gasteiger partial charge in [-0.1, -0.05) is 11.6 Å². The van der Waals surface area contributed by atoms with Crippen molar-refractivity contribution in [1.29, 1.82) is 0 Å². The Hall–Kier alpha value is -1.52. The van der Waals surface area contributed by atoms with Crippen molar-refractivity contribution >= 4 is 11.9 Å². The second-order valence-electron chi connectivity index (χ2n) is 5.58. The SMILES string of the molecule is CCNC(=NCCC(=O)N(C)C)NCCC1=CCCCC1. The zero-order chi connectivity index (χ0) is 15.5. The minimum atomic E-state index is 0.113. The highest BCUT2D eigenvalue weighted by Gasteiger charge is 2.05. The lowest BCUT2D eigenvalue weighted by molar-refractivity contribution is -0.128. The van der Waals surface area contributed by atoms with Crippen LogP contribution in [0.3, 0.4) is 0 Å². The van der Waals surface area contributed by atoms with Crippen molar-refractivity contribution in [2.24, 2.45) is 4.99 Å². The van der Waals surface area contributed by atoms with Crippen LogP contribution in [0, 0.1) is 0 Å². The smallest absolute Gasteiger partial charge is 0.223 e. The molecule has 0 aromatic rings. The van der Waals surface area contributed by atoms with E-state index in [0.717, 1.165) is 25.5 Å². The van der Waals surface area contributed by atoms with E-state index in [1.807, 2.05) is 6.92 Å². The maximum absolute atomic E-state index is 11.5. The van der Waals surface area contributed by atoms with Crippen molar-refractivity contribution < 1.29 is 4.79 Å². The van der Waals surface area contributed by atoms with E-state index in [1.54, 1.807) is 24.6 Å². The maximum Gasteiger partial charge on any atom is 0.223 e. The number of nitrogens with zero attached hydrogens (tertiary/aromatic N) is 2. The molecule has 2 N–H and O–H groups in total. The van der Waals surface area contributed by atoms with Crippen LogP contribution in [0.1, 0.15) is 45.4 Å². The third kappa shape index (κ3) is 7.73. The molecule has 0 heterocycles. The summed E-state index contributed by atoms with van der Waals surface area (Å²) >= 11 is 0. The van der Waals surface area contributed by atoms with Gasteiger partial charge in [0.25, 0.3) is 0 Å². The number of guanidine groups is 1. The monoisotopic (exact) mass is 294 g/mol. The van der Waals surface area contributed by atoms with Crippen LogP contribution in [-0.4, -0.2) is 50.5 Å². The normalized spacial score (nSPS) is 15.4. The lowest BCUT2D eigenvalue weighted by Crippen LogP contribution is -2.38. The third-order valence-corrected chi connectivity index (χ3v) is 3.56. The van der Waals surface area contributed by atoms with Gasteiger partial charge in [0.15, 0.2) is 5.96 Å². The molecule has 0 saturated carbocycles. The van der Waals surface area contributed by atoms with E-state index in [2.05, 4.69) is 21.7 Å². The first-order chi connectivity index (χ1) is 10.1. The number of hydrogen-bond donors (Lipinski definition) is 2. The van der Waals surface area contributed by atoms with Crippen molar-refractivity contribution in [1.82, 2.24) is 15.5 Å². The molecule has 21 heavy (non-hydrogen) atoms. The molecule has 0 aliphatic heterocycles. The van der Waals surface area contributed by atoms with Crippen LogP contribution in [0.25, 0.3) is 0 Å². The van der Waals surface area contributed by atoms with Crippen LogP contribution in [0.15, 0.2) is 16.6 Å². The molecule has 1 aliphatic rings. The number of hydrogen-bond acceptors (Lipinski definition) is 2. The summed E-state index contributed by atoms with van der Waals surface area (Å²) in [5, 5.41) is 6.56. The summed E-state index contributed by atoms with van der Waals surface area (Å²) in [6.45, 7) is 4.30. The Labute approximate surface area is 128 Å². The van der Waals surface area contributed by atoms with Crippen molar-refractivity contribution in [2.45, 2.75) is 45.4 Å². The lowest BCUT2D eigenvalue weighted by Gasteiger charge is -2.15. The van der Waals surface area contributed by atoms with Crippen LogP contribution >= 0.6 is 0 Å². The van der Waals surface area contributed by atoms with Crippen molar-refractivity contribution in [2.75, 3.05) is 33.7 Å². The molecule has 5 nitrogen and oxygen atoms in total. The van der Waals surface area contributed by atoms with Gasteiger partial charge < -0.3 is 15.5 Å². The third-order valence-electron chi connectivity index (χ3n) is 3.56. The number of aliphatic imine (C=N–C) groups is 1. The van der Waals surface area contributed by atoms with E-state index in [1.165, 1.54) is 25.7 Å². The molecule has 0 atom stereocenters. The topological polar surface area (TPSA) is 56.7 Å². The number of allylic oxidation sites excluding steroid dienone is 1. The van der Waals surface area contributed by atoms with Gasteiger partial charge in [0.1, 0.15) is 0 Å². The van der Waals surface area contributed by atoms with Gasteiger partial charge in [-0.2, -0.15) is 0 Å². The summed E-state index contributed by atoms with van der Waals surface area (Å²) in [6.07, 6.45) is 9.05. The van der Waals surface area contributed by atoms with E-state index in [-0.39, 0.29) is 5.91 Å². The Balaban J connectivity index is 2.31. The fourth-order valence-electron chi connectivity index (χ4n) is 2.30. The van der Waals surface area contributed by atoms with E-state index in [9.17, 15) is 4.79 Å². The molecule has 0 spiro atoms. The summed E-state index contributed by atoms with van der Waals surface area (Å²) < 4.78 is 0. The summed E-state index contributed by atoms with van der Waals surface area (Å²) in [5.41, 5.74) is 1.56. The van der Waals surface area contributed by atoms with E-state index in [0.29, 0.717) is 13.0 Å². The first-order valence-corrected chi connectivity index (χ1v) is 8.03. The average Bonchev–Trinajstić information content (AvgIpc) is 2.48.